The number of carbonyl (C=O) groups excluding carboxylic acids is 4. The molecule has 3 N–H and O–H groups in total. The molecule has 1 unspecified atom stereocenters. The zero-order chi connectivity index (χ0) is 31.4. The normalized spacial score (nSPS) is 11.7. The highest BCUT2D eigenvalue weighted by Gasteiger charge is 2.42. The van der Waals surface area contributed by atoms with Crippen molar-refractivity contribution in [3.63, 3.8) is 0 Å². The first-order valence-electron chi connectivity index (χ1n) is 13.0. The summed E-state index contributed by atoms with van der Waals surface area (Å²) in [5.41, 5.74) is 1.28. The van der Waals surface area contributed by atoms with Crippen molar-refractivity contribution in [2.75, 3.05) is 18.4 Å². The third-order valence-corrected chi connectivity index (χ3v) is 6.27. The van der Waals surface area contributed by atoms with Gasteiger partial charge in [0.25, 0.3) is 0 Å². The number of nitrogens with zero attached hydrogens (tertiary/aromatic N) is 1. The van der Waals surface area contributed by atoms with Crippen LogP contribution >= 0.6 is 11.6 Å². The second-order valence-corrected chi connectivity index (χ2v) is 9.61. The third-order valence-electron chi connectivity index (χ3n) is 5.95. The van der Waals surface area contributed by atoms with Gasteiger partial charge >= 0.3 is 18.1 Å². The SMILES string of the molecule is O=C(CCCCNc1ccccn1)NCC(=O)NC(CC(=O)OC(=O)C(F)(F)F)c1ccc(-c2ccc(F)cc2)cc1Cl. The number of hydrogen-bond acceptors (Lipinski definition) is 7. The summed E-state index contributed by atoms with van der Waals surface area (Å²) >= 11 is 6.40. The lowest BCUT2D eigenvalue weighted by atomic mass is 9.98. The summed E-state index contributed by atoms with van der Waals surface area (Å²) < 4.78 is 54.9. The van der Waals surface area contributed by atoms with Gasteiger partial charge < -0.3 is 20.7 Å². The van der Waals surface area contributed by atoms with E-state index in [2.05, 4.69) is 25.7 Å². The number of alkyl halides is 3. The lowest BCUT2D eigenvalue weighted by Crippen LogP contribution is -2.39. The number of hydrogen-bond donors (Lipinski definition) is 3. The number of anilines is 1. The highest BCUT2D eigenvalue weighted by atomic mass is 35.5. The molecule has 2 amide bonds. The van der Waals surface area contributed by atoms with Crippen LogP contribution < -0.4 is 16.0 Å². The zero-order valence-electron chi connectivity index (χ0n) is 22.5. The summed E-state index contributed by atoms with van der Waals surface area (Å²) in [6.45, 7) is 0.0867. The molecule has 1 heterocycles. The topological polar surface area (TPSA) is 126 Å². The molecule has 0 radical (unpaired) electrons. The van der Waals surface area contributed by atoms with E-state index in [1.165, 1.54) is 36.4 Å². The van der Waals surface area contributed by atoms with Gasteiger partial charge in [-0.05, 0) is 59.9 Å². The Kier molecular flexibility index (Phi) is 12.0. The van der Waals surface area contributed by atoms with E-state index in [1.807, 2.05) is 6.07 Å². The number of aromatic nitrogens is 1. The van der Waals surface area contributed by atoms with Gasteiger partial charge in [0.2, 0.25) is 11.8 Å². The van der Waals surface area contributed by atoms with E-state index >= 15 is 0 Å². The number of ether oxygens (including phenoxy) is 1. The number of unbranched alkanes of at least 4 members (excludes halogenated alkanes) is 1. The number of pyridine rings is 1. The second-order valence-electron chi connectivity index (χ2n) is 9.20. The van der Waals surface area contributed by atoms with Crippen LogP contribution in [0.3, 0.4) is 0 Å². The van der Waals surface area contributed by atoms with E-state index in [9.17, 15) is 36.7 Å². The smallest absolute Gasteiger partial charge is 0.386 e. The number of nitrogens with one attached hydrogen (secondary N) is 3. The number of halogens is 5. The number of rotatable bonds is 13. The van der Waals surface area contributed by atoms with E-state index in [1.54, 1.807) is 24.4 Å². The second kappa shape index (κ2) is 15.6. The summed E-state index contributed by atoms with van der Waals surface area (Å²) in [5.74, 6) is -5.21. The minimum atomic E-state index is -5.40. The van der Waals surface area contributed by atoms with Gasteiger partial charge in [0.15, 0.2) is 0 Å². The van der Waals surface area contributed by atoms with Crippen molar-refractivity contribution in [1.29, 1.82) is 0 Å². The summed E-state index contributed by atoms with van der Waals surface area (Å²) in [4.78, 5) is 52.2. The number of carbonyl (C=O) groups is 4. The molecule has 0 aliphatic heterocycles. The highest BCUT2D eigenvalue weighted by molar-refractivity contribution is 6.31. The molecule has 2 aromatic carbocycles. The van der Waals surface area contributed by atoms with E-state index in [-0.39, 0.29) is 17.0 Å². The molecule has 0 spiro atoms. The van der Waals surface area contributed by atoms with Gasteiger partial charge in [-0.25, -0.2) is 14.2 Å². The third kappa shape index (κ3) is 11.0. The quantitative estimate of drug-likeness (QED) is 0.105. The summed E-state index contributed by atoms with van der Waals surface area (Å²) in [5, 5.41) is 8.00. The molecule has 0 aliphatic carbocycles. The molecule has 43 heavy (non-hydrogen) atoms. The Hall–Kier alpha value is -4.52. The molecule has 0 fully saturated rings. The Labute approximate surface area is 249 Å². The summed E-state index contributed by atoms with van der Waals surface area (Å²) in [6, 6.07) is 14.0. The predicted molar refractivity (Wildman–Crippen MR) is 149 cm³/mol. The molecule has 1 aromatic heterocycles. The maximum Gasteiger partial charge on any atom is 0.491 e. The molecular weight excluding hydrogens is 596 g/mol. The molecule has 0 saturated carbocycles. The molecule has 0 bridgehead atoms. The number of esters is 2. The van der Waals surface area contributed by atoms with Crippen LogP contribution in [-0.2, 0) is 23.9 Å². The van der Waals surface area contributed by atoms with Gasteiger partial charge in [0.1, 0.15) is 11.6 Å². The van der Waals surface area contributed by atoms with Crippen LogP contribution in [0.4, 0.5) is 23.4 Å². The van der Waals surface area contributed by atoms with Crippen LogP contribution in [0.5, 0.6) is 0 Å². The molecule has 3 aromatic rings. The Bertz CT molecular complexity index is 1420. The van der Waals surface area contributed by atoms with Gasteiger partial charge in [-0.15, -0.1) is 0 Å². The summed E-state index contributed by atoms with van der Waals surface area (Å²) in [6.07, 6.45) is -3.33. The van der Waals surface area contributed by atoms with Crippen molar-refractivity contribution < 1.29 is 41.5 Å². The minimum absolute atomic E-state index is 0.0189. The van der Waals surface area contributed by atoms with Crippen molar-refractivity contribution in [3.8, 4) is 11.1 Å². The fourth-order valence-corrected chi connectivity index (χ4v) is 4.16. The van der Waals surface area contributed by atoms with Crippen molar-refractivity contribution in [3.05, 3.63) is 83.3 Å². The lowest BCUT2D eigenvalue weighted by Gasteiger charge is -2.20. The number of benzene rings is 2. The van der Waals surface area contributed by atoms with Crippen LogP contribution in [0.2, 0.25) is 5.02 Å². The molecule has 14 heteroatoms. The average Bonchev–Trinajstić information content (AvgIpc) is 2.96. The molecule has 9 nitrogen and oxygen atoms in total. The van der Waals surface area contributed by atoms with E-state index in [4.69, 9.17) is 11.6 Å². The Balaban J connectivity index is 1.60. The van der Waals surface area contributed by atoms with Crippen LogP contribution in [0.1, 0.15) is 37.3 Å². The van der Waals surface area contributed by atoms with E-state index in [0.717, 1.165) is 0 Å². The fourth-order valence-electron chi connectivity index (χ4n) is 3.85. The standard InChI is InChI=1S/C29H27ClF4N4O5/c30-22-15-19(18-7-10-20(31)11-8-18)9-12-21(22)23(16-27(41)43-28(42)29(32,33)34)38-26(40)17-37-25(39)6-2-4-14-36-24-5-1-3-13-35-24/h1,3,5,7-13,15,23H,2,4,6,14,16-17H2,(H,35,36)(H,37,39)(H,38,40). The largest absolute Gasteiger partial charge is 0.491 e. The highest BCUT2D eigenvalue weighted by Crippen LogP contribution is 2.31. The molecule has 1 atom stereocenters. The average molecular weight is 623 g/mol. The fraction of sp³-hybridized carbons (Fsp3) is 0.276. The van der Waals surface area contributed by atoms with Gasteiger partial charge in [0, 0.05) is 24.2 Å². The maximum atomic E-state index is 13.3. The van der Waals surface area contributed by atoms with Gasteiger partial charge in [-0.3, -0.25) is 14.4 Å². The Morgan fingerprint density at radius 2 is 1.65 bits per heavy atom. The van der Waals surface area contributed by atoms with Crippen molar-refractivity contribution >= 4 is 41.2 Å². The van der Waals surface area contributed by atoms with E-state index < -0.39 is 54.8 Å². The van der Waals surface area contributed by atoms with Crippen molar-refractivity contribution in [1.82, 2.24) is 15.6 Å². The van der Waals surface area contributed by atoms with Crippen molar-refractivity contribution in [2.45, 2.75) is 37.9 Å². The molecule has 0 aliphatic rings. The van der Waals surface area contributed by atoms with Crippen molar-refractivity contribution in [2.24, 2.45) is 0 Å². The van der Waals surface area contributed by atoms with Crippen LogP contribution in [0.15, 0.2) is 66.9 Å². The molecule has 3 rings (SSSR count). The van der Waals surface area contributed by atoms with Crippen LogP contribution in [0.25, 0.3) is 11.1 Å². The first kappa shape index (κ1) is 33.0. The Morgan fingerprint density at radius 3 is 2.30 bits per heavy atom. The lowest BCUT2D eigenvalue weighted by molar-refractivity contribution is -0.202. The van der Waals surface area contributed by atoms with Gasteiger partial charge in [0.05, 0.1) is 19.0 Å². The van der Waals surface area contributed by atoms with E-state index in [0.29, 0.717) is 36.3 Å². The number of amides is 2. The Morgan fingerprint density at radius 1 is 0.930 bits per heavy atom. The first-order valence-corrected chi connectivity index (χ1v) is 13.4. The van der Waals surface area contributed by atoms with Gasteiger partial charge in [-0.1, -0.05) is 41.9 Å². The maximum absolute atomic E-state index is 13.3. The first-order chi connectivity index (χ1) is 20.4. The molecule has 228 valence electrons. The summed E-state index contributed by atoms with van der Waals surface area (Å²) in [7, 11) is 0. The molecule has 0 saturated heterocycles. The van der Waals surface area contributed by atoms with Crippen LogP contribution in [0, 0.1) is 5.82 Å². The monoisotopic (exact) mass is 622 g/mol. The zero-order valence-corrected chi connectivity index (χ0v) is 23.3. The van der Waals surface area contributed by atoms with Gasteiger partial charge in [-0.2, -0.15) is 13.2 Å². The van der Waals surface area contributed by atoms with Crippen LogP contribution in [-0.4, -0.2) is 48.0 Å². The molecular formula is C29H27ClF4N4O5. The minimum Gasteiger partial charge on any atom is -0.386 e. The predicted octanol–water partition coefficient (Wildman–Crippen LogP) is 5.12.